The number of ether oxygens (including phenoxy) is 2. The predicted octanol–water partition coefficient (Wildman–Crippen LogP) is 4.12. The molecule has 8 heteroatoms. The van der Waals surface area contributed by atoms with Gasteiger partial charge in [-0.3, -0.25) is 9.88 Å². The van der Waals surface area contributed by atoms with Crippen LogP contribution < -0.4 is 9.47 Å². The van der Waals surface area contributed by atoms with Gasteiger partial charge in [0.25, 0.3) is 0 Å². The molecule has 0 aliphatic carbocycles. The number of nitriles is 1. The summed E-state index contributed by atoms with van der Waals surface area (Å²) in [5.74, 6) is 0.841. The van der Waals surface area contributed by atoms with E-state index in [0.717, 1.165) is 38.0 Å². The number of rotatable bonds is 8. The summed E-state index contributed by atoms with van der Waals surface area (Å²) >= 11 is 11.9. The molecule has 6 nitrogen and oxygen atoms in total. The van der Waals surface area contributed by atoms with Gasteiger partial charge in [-0.25, -0.2) is 0 Å². The van der Waals surface area contributed by atoms with Gasteiger partial charge in [-0.15, -0.1) is 0 Å². The third-order valence-corrected chi connectivity index (χ3v) is 4.98. The first-order chi connectivity index (χ1) is 13.1. The van der Waals surface area contributed by atoms with Crippen LogP contribution in [-0.4, -0.2) is 40.6 Å². The molecule has 1 aromatic heterocycles. The third kappa shape index (κ3) is 5.96. The van der Waals surface area contributed by atoms with E-state index in [1.807, 2.05) is 6.07 Å². The topological polar surface area (TPSA) is 71.3 Å². The van der Waals surface area contributed by atoms with E-state index < -0.39 is 0 Å². The Kier molecular flexibility index (Phi) is 7.11. The maximum absolute atomic E-state index is 8.62. The van der Waals surface area contributed by atoms with Gasteiger partial charge in [0.2, 0.25) is 11.8 Å². The van der Waals surface area contributed by atoms with Crippen LogP contribution in [0.3, 0.4) is 0 Å². The molecule has 1 unspecified atom stereocenters. The zero-order chi connectivity index (χ0) is 19.1. The molecule has 1 aromatic carbocycles. The predicted molar refractivity (Wildman–Crippen MR) is 103 cm³/mol. The zero-order valence-corrected chi connectivity index (χ0v) is 16.3. The Bertz CT molecular complexity index is 813. The lowest BCUT2D eigenvalue weighted by molar-refractivity contribution is 0.188. The number of hydrogen-bond acceptors (Lipinski definition) is 6. The minimum atomic E-state index is 0.0757. The van der Waals surface area contributed by atoms with E-state index in [2.05, 4.69) is 20.9 Å². The summed E-state index contributed by atoms with van der Waals surface area (Å²) in [4.78, 5) is 10.8. The summed E-state index contributed by atoms with van der Waals surface area (Å²) in [6, 6.07) is 7.52. The van der Waals surface area contributed by atoms with Crippen LogP contribution in [-0.2, 0) is 6.61 Å². The van der Waals surface area contributed by atoms with E-state index >= 15 is 0 Å². The fourth-order valence-electron chi connectivity index (χ4n) is 2.89. The van der Waals surface area contributed by atoms with Crippen molar-refractivity contribution >= 4 is 23.2 Å². The van der Waals surface area contributed by atoms with Crippen LogP contribution in [0.5, 0.6) is 11.8 Å². The van der Waals surface area contributed by atoms with Crippen molar-refractivity contribution in [2.45, 2.75) is 32.0 Å². The molecule has 0 N–H and O–H groups in total. The molecule has 1 fully saturated rings. The standard InChI is InChI=1S/C19H20Cl2N4O2/c20-16-4-3-14(9-17(16)21)13-26-18-10-23-11-19(24-18)27-15-5-8-25(12-15)7-2-1-6-22/h3-4,9-11,15H,1-2,5,7-8,12-13H2. The second-order valence-corrected chi connectivity index (χ2v) is 7.14. The summed E-state index contributed by atoms with van der Waals surface area (Å²) in [5.41, 5.74) is 0.890. The number of unbranched alkanes of at least 4 members (excludes halogenated alkanes) is 1. The molecule has 27 heavy (non-hydrogen) atoms. The van der Waals surface area contributed by atoms with Crippen molar-refractivity contribution in [3.63, 3.8) is 0 Å². The molecule has 1 aliphatic rings. The van der Waals surface area contributed by atoms with Crippen LogP contribution in [0.2, 0.25) is 10.0 Å². The second-order valence-electron chi connectivity index (χ2n) is 6.32. The van der Waals surface area contributed by atoms with Gasteiger partial charge in [-0.05, 0) is 37.1 Å². The van der Waals surface area contributed by atoms with E-state index in [-0.39, 0.29) is 6.10 Å². The molecule has 0 amide bonds. The lowest BCUT2D eigenvalue weighted by Crippen LogP contribution is -2.26. The minimum Gasteiger partial charge on any atom is -0.472 e. The Morgan fingerprint density at radius 2 is 2.07 bits per heavy atom. The summed E-state index contributed by atoms with van der Waals surface area (Å²) in [6.45, 7) is 3.04. The van der Waals surface area contributed by atoms with Crippen molar-refractivity contribution in [1.82, 2.24) is 14.9 Å². The Balaban J connectivity index is 1.50. The fourth-order valence-corrected chi connectivity index (χ4v) is 3.21. The molecule has 0 saturated carbocycles. The number of nitrogens with zero attached hydrogens (tertiary/aromatic N) is 4. The Morgan fingerprint density at radius 3 is 2.89 bits per heavy atom. The molecular formula is C19H20Cl2N4O2. The van der Waals surface area contributed by atoms with Gasteiger partial charge in [0.05, 0.1) is 28.5 Å². The summed E-state index contributed by atoms with van der Waals surface area (Å²) < 4.78 is 11.6. The van der Waals surface area contributed by atoms with E-state index in [1.54, 1.807) is 24.5 Å². The van der Waals surface area contributed by atoms with Gasteiger partial charge < -0.3 is 9.47 Å². The molecule has 1 atom stereocenters. The van der Waals surface area contributed by atoms with E-state index in [1.165, 1.54) is 0 Å². The van der Waals surface area contributed by atoms with Crippen molar-refractivity contribution in [3.8, 4) is 17.8 Å². The summed E-state index contributed by atoms with van der Waals surface area (Å²) in [6.07, 6.45) is 5.62. The lowest BCUT2D eigenvalue weighted by atomic mass is 10.2. The molecular weight excluding hydrogens is 387 g/mol. The number of aromatic nitrogens is 2. The van der Waals surface area contributed by atoms with Gasteiger partial charge in [0.1, 0.15) is 12.7 Å². The molecule has 1 aliphatic heterocycles. The van der Waals surface area contributed by atoms with Crippen LogP contribution in [0, 0.1) is 11.3 Å². The van der Waals surface area contributed by atoms with Crippen LogP contribution in [0.15, 0.2) is 30.6 Å². The number of benzene rings is 1. The average molecular weight is 407 g/mol. The van der Waals surface area contributed by atoms with Crippen molar-refractivity contribution in [2.24, 2.45) is 0 Å². The highest BCUT2D eigenvalue weighted by atomic mass is 35.5. The molecule has 1 saturated heterocycles. The van der Waals surface area contributed by atoms with E-state index in [9.17, 15) is 0 Å². The van der Waals surface area contributed by atoms with Crippen LogP contribution in [0.25, 0.3) is 0 Å². The molecule has 142 valence electrons. The van der Waals surface area contributed by atoms with Crippen molar-refractivity contribution in [1.29, 1.82) is 5.26 Å². The van der Waals surface area contributed by atoms with Crippen LogP contribution >= 0.6 is 23.2 Å². The minimum absolute atomic E-state index is 0.0757. The van der Waals surface area contributed by atoms with Gasteiger partial charge >= 0.3 is 0 Å². The second kappa shape index (κ2) is 9.75. The monoisotopic (exact) mass is 406 g/mol. The van der Waals surface area contributed by atoms with Crippen molar-refractivity contribution in [3.05, 3.63) is 46.2 Å². The molecule has 0 radical (unpaired) electrons. The Labute approximate surface area is 168 Å². The van der Waals surface area contributed by atoms with Gasteiger partial charge in [0, 0.05) is 19.5 Å². The third-order valence-electron chi connectivity index (χ3n) is 4.24. The highest BCUT2D eigenvalue weighted by molar-refractivity contribution is 6.42. The summed E-state index contributed by atoms with van der Waals surface area (Å²) in [7, 11) is 0. The highest BCUT2D eigenvalue weighted by Gasteiger charge is 2.24. The largest absolute Gasteiger partial charge is 0.472 e. The van der Waals surface area contributed by atoms with Crippen molar-refractivity contribution < 1.29 is 9.47 Å². The molecule has 2 aromatic rings. The van der Waals surface area contributed by atoms with E-state index in [4.69, 9.17) is 37.9 Å². The number of hydrogen-bond donors (Lipinski definition) is 0. The van der Waals surface area contributed by atoms with Crippen molar-refractivity contribution in [2.75, 3.05) is 19.6 Å². The average Bonchev–Trinajstić information content (AvgIpc) is 3.10. The summed E-state index contributed by atoms with van der Waals surface area (Å²) in [5, 5.41) is 9.62. The first-order valence-corrected chi connectivity index (χ1v) is 9.54. The normalized spacial score (nSPS) is 16.9. The SMILES string of the molecule is N#CCCCN1CCC(Oc2cncc(OCc3ccc(Cl)c(Cl)c3)n2)C1. The quantitative estimate of drug-likeness (QED) is 0.613. The maximum atomic E-state index is 8.62. The molecule has 0 spiro atoms. The van der Waals surface area contributed by atoms with Crippen LogP contribution in [0.1, 0.15) is 24.8 Å². The van der Waals surface area contributed by atoms with Gasteiger partial charge in [0.15, 0.2) is 0 Å². The first-order valence-electron chi connectivity index (χ1n) is 8.79. The maximum Gasteiger partial charge on any atom is 0.235 e. The molecule has 0 bridgehead atoms. The smallest absolute Gasteiger partial charge is 0.235 e. The molecule has 3 rings (SSSR count). The zero-order valence-electron chi connectivity index (χ0n) is 14.8. The first kappa shape index (κ1) is 19.7. The Hall–Kier alpha value is -2.07. The number of likely N-dealkylation sites (tertiary alicyclic amines) is 1. The molecule has 2 heterocycles. The highest BCUT2D eigenvalue weighted by Crippen LogP contribution is 2.23. The van der Waals surface area contributed by atoms with Gasteiger partial charge in [-0.2, -0.15) is 10.2 Å². The lowest BCUT2D eigenvalue weighted by Gasteiger charge is -2.16. The van der Waals surface area contributed by atoms with E-state index in [0.29, 0.717) is 34.8 Å². The number of halogens is 2. The Morgan fingerprint density at radius 1 is 1.22 bits per heavy atom. The van der Waals surface area contributed by atoms with Crippen LogP contribution in [0.4, 0.5) is 0 Å². The van der Waals surface area contributed by atoms with Gasteiger partial charge in [-0.1, -0.05) is 29.3 Å². The fraction of sp³-hybridized carbons (Fsp3) is 0.421.